The molecule has 0 saturated carbocycles. The molecule has 1 aromatic heterocycles. The third-order valence-electron chi connectivity index (χ3n) is 6.48. The van der Waals surface area contributed by atoms with Crippen LogP contribution in [0.25, 0.3) is 22.2 Å². The maximum atomic E-state index is 13.5. The largest absolute Gasteiger partial charge is 0.497 e. The molecule has 0 amide bonds. The maximum absolute atomic E-state index is 13.5. The Kier molecular flexibility index (Phi) is 7.59. The molecular weight excluding hydrogens is 463 g/mol. The highest BCUT2D eigenvalue weighted by Gasteiger charge is 2.32. The quantitative estimate of drug-likeness (QED) is 0.423. The van der Waals surface area contributed by atoms with Crippen molar-refractivity contribution in [2.24, 2.45) is 0 Å². The summed E-state index contributed by atoms with van der Waals surface area (Å²) in [5.74, 6) is 1.21. The number of halogens is 2. The molecule has 178 valence electrons. The van der Waals surface area contributed by atoms with Crippen LogP contribution in [0, 0.1) is 6.92 Å². The monoisotopic (exact) mass is 492 g/mol. The third-order valence-corrected chi connectivity index (χ3v) is 6.48. The van der Waals surface area contributed by atoms with Gasteiger partial charge in [-0.15, -0.1) is 24.8 Å². The van der Waals surface area contributed by atoms with Crippen LogP contribution in [0.5, 0.6) is 11.5 Å². The summed E-state index contributed by atoms with van der Waals surface area (Å²) >= 11 is 0. The second kappa shape index (κ2) is 9.89. The molecule has 2 aromatic carbocycles. The van der Waals surface area contributed by atoms with E-state index in [1.165, 1.54) is 0 Å². The third kappa shape index (κ3) is 4.30. The van der Waals surface area contributed by atoms with E-state index in [1.807, 2.05) is 19.1 Å². The molecule has 33 heavy (non-hydrogen) atoms. The Bertz CT molecular complexity index is 1190. The van der Waals surface area contributed by atoms with Crippen LogP contribution in [0.3, 0.4) is 0 Å². The summed E-state index contributed by atoms with van der Waals surface area (Å²) in [4.78, 5) is 18.3. The fourth-order valence-electron chi connectivity index (χ4n) is 4.71. The van der Waals surface area contributed by atoms with E-state index in [9.17, 15) is 4.79 Å². The predicted molar refractivity (Wildman–Crippen MR) is 135 cm³/mol. The lowest BCUT2D eigenvalue weighted by Crippen LogP contribution is -2.45. The fourth-order valence-corrected chi connectivity index (χ4v) is 4.71. The van der Waals surface area contributed by atoms with Crippen LogP contribution >= 0.6 is 24.8 Å². The first-order valence-corrected chi connectivity index (χ1v) is 10.7. The number of carbonyl (C=O) groups excluding carboxylic acids is 1. The number of hydrogen-bond acceptors (Lipinski definition) is 6. The van der Waals surface area contributed by atoms with Crippen LogP contribution in [0.2, 0.25) is 0 Å². The molecular formula is C24H30Cl2N4O3. The molecule has 2 heterocycles. The molecule has 1 fully saturated rings. The number of rotatable bonds is 5. The summed E-state index contributed by atoms with van der Waals surface area (Å²) in [6.45, 7) is 8.08. The van der Waals surface area contributed by atoms with Gasteiger partial charge in [0.05, 0.1) is 31.8 Å². The van der Waals surface area contributed by atoms with E-state index in [2.05, 4.69) is 27.6 Å². The van der Waals surface area contributed by atoms with E-state index in [1.54, 1.807) is 20.3 Å². The van der Waals surface area contributed by atoms with Crippen LogP contribution in [-0.2, 0) is 6.54 Å². The standard InChI is InChI=1S/C24H28N4O3.2ClH/c1-15-11-17-21-19(12-15)28(10-9-27-7-5-26(2)6-8-27)25-23(21)22-18(24(17)29)13-16(30-3)14-20(22)31-4;;/h11-14H,5-10H2,1-4H3;2*1H. The predicted octanol–water partition coefficient (Wildman–Crippen LogP) is 3.66. The summed E-state index contributed by atoms with van der Waals surface area (Å²) in [6.07, 6.45) is 0. The molecule has 0 N–H and O–H groups in total. The highest BCUT2D eigenvalue weighted by Crippen LogP contribution is 2.45. The number of fused-ring (bicyclic) bond motifs is 2. The molecule has 9 heteroatoms. The van der Waals surface area contributed by atoms with E-state index in [4.69, 9.17) is 14.6 Å². The highest BCUT2D eigenvalue weighted by atomic mass is 35.5. The van der Waals surface area contributed by atoms with E-state index in [0.717, 1.165) is 67.0 Å². The van der Waals surface area contributed by atoms with E-state index >= 15 is 0 Å². The van der Waals surface area contributed by atoms with Gasteiger partial charge in [-0.3, -0.25) is 14.4 Å². The number of piperazine rings is 1. The van der Waals surface area contributed by atoms with Gasteiger partial charge in [-0.2, -0.15) is 5.10 Å². The van der Waals surface area contributed by atoms with Gasteiger partial charge >= 0.3 is 0 Å². The molecule has 5 rings (SSSR count). The molecule has 0 radical (unpaired) electrons. The van der Waals surface area contributed by atoms with Crippen molar-refractivity contribution >= 4 is 41.5 Å². The number of methoxy groups -OCH3 is 2. The van der Waals surface area contributed by atoms with Gasteiger partial charge in [0.1, 0.15) is 17.2 Å². The molecule has 7 nitrogen and oxygen atoms in total. The lowest BCUT2D eigenvalue weighted by Gasteiger charge is -2.32. The summed E-state index contributed by atoms with van der Waals surface area (Å²) in [5, 5.41) is 5.93. The molecule has 3 aromatic rings. The van der Waals surface area contributed by atoms with Crippen molar-refractivity contribution < 1.29 is 14.3 Å². The van der Waals surface area contributed by atoms with Gasteiger partial charge in [0.15, 0.2) is 5.78 Å². The first-order chi connectivity index (χ1) is 15.0. The minimum absolute atomic E-state index is 0. The van der Waals surface area contributed by atoms with Crippen molar-refractivity contribution in [2.75, 3.05) is 54.0 Å². The van der Waals surface area contributed by atoms with Crippen molar-refractivity contribution in [1.82, 2.24) is 19.6 Å². The number of ketones is 1. The second-order valence-corrected chi connectivity index (χ2v) is 8.50. The lowest BCUT2D eigenvalue weighted by atomic mass is 9.86. The number of carbonyl (C=O) groups is 1. The average Bonchev–Trinajstić information content (AvgIpc) is 3.14. The molecule has 0 atom stereocenters. The SMILES string of the molecule is COc1cc(OC)c2c(c1)C(=O)c1cc(C)cc3c1c-2nn3CCN1CCN(C)CC1.Cl.Cl. The van der Waals surface area contributed by atoms with Crippen LogP contribution in [-0.4, -0.2) is 79.4 Å². The average molecular weight is 493 g/mol. The Morgan fingerprint density at radius 2 is 1.67 bits per heavy atom. The van der Waals surface area contributed by atoms with Gasteiger partial charge in [-0.25, -0.2) is 0 Å². The van der Waals surface area contributed by atoms with Crippen molar-refractivity contribution in [3.63, 3.8) is 0 Å². The minimum Gasteiger partial charge on any atom is -0.497 e. The molecule has 1 saturated heterocycles. The number of aromatic nitrogens is 2. The minimum atomic E-state index is -0.00739. The number of ether oxygens (including phenoxy) is 2. The Hall–Kier alpha value is -2.32. The summed E-state index contributed by atoms with van der Waals surface area (Å²) in [6, 6.07) is 7.71. The van der Waals surface area contributed by atoms with Gasteiger partial charge in [-0.1, -0.05) is 0 Å². The first kappa shape index (κ1) is 25.3. The topological polar surface area (TPSA) is 59.8 Å². The second-order valence-electron chi connectivity index (χ2n) is 8.50. The Balaban J connectivity index is 0.00000153. The van der Waals surface area contributed by atoms with Gasteiger partial charge in [0, 0.05) is 55.3 Å². The molecule has 1 aliphatic carbocycles. The zero-order valence-electron chi connectivity index (χ0n) is 19.4. The maximum Gasteiger partial charge on any atom is 0.194 e. The molecule has 0 bridgehead atoms. The van der Waals surface area contributed by atoms with Gasteiger partial charge in [-0.05, 0) is 37.7 Å². The van der Waals surface area contributed by atoms with Crippen LogP contribution < -0.4 is 9.47 Å². The fraction of sp³-hybridized carbons (Fsp3) is 0.417. The zero-order chi connectivity index (χ0) is 21.7. The molecule has 0 spiro atoms. The number of benzene rings is 2. The van der Waals surface area contributed by atoms with Gasteiger partial charge in [0.25, 0.3) is 0 Å². The Labute approximate surface area is 206 Å². The number of hydrogen-bond donors (Lipinski definition) is 0. The normalized spacial score (nSPS) is 15.6. The van der Waals surface area contributed by atoms with Gasteiger partial charge < -0.3 is 14.4 Å². The number of nitrogens with zero attached hydrogens (tertiary/aromatic N) is 4. The van der Waals surface area contributed by atoms with Crippen molar-refractivity contribution in [1.29, 1.82) is 0 Å². The van der Waals surface area contributed by atoms with Crippen LogP contribution in [0.1, 0.15) is 21.5 Å². The van der Waals surface area contributed by atoms with E-state index in [0.29, 0.717) is 22.6 Å². The summed E-state index contributed by atoms with van der Waals surface area (Å²) in [5.41, 5.74) is 4.93. The number of aryl methyl sites for hydroxylation is 1. The number of likely N-dealkylation sites (N-methyl/N-ethyl adjacent to an activating group) is 1. The molecule has 0 unspecified atom stereocenters. The lowest BCUT2D eigenvalue weighted by molar-refractivity contribution is 0.103. The molecule has 1 aliphatic heterocycles. The van der Waals surface area contributed by atoms with Crippen molar-refractivity contribution in [2.45, 2.75) is 13.5 Å². The zero-order valence-corrected chi connectivity index (χ0v) is 21.0. The first-order valence-electron chi connectivity index (χ1n) is 10.7. The smallest absolute Gasteiger partial charge is 0.194 e. The van der Waals surface area contributed by atoms with Crippen molar-refractivity contribution in [3.05, 3.63) is 41.0 Å². The van der Waals surface area contributed by atoms with Gasteiger partial charge in [0.2, 0.25) is 0 Å². The summed E-state index contributed by atoms with van der Waals surface area (Å²) in [7, 11) is 5.38. The Morgan fingerprint density at radius 3 is 2.33 bits per heavy atom. The highest BCUT2D eigenvalue weighted by molar-refractivity contribution is 6.26. The van der Waals surface area contributed by atoms with Crippen molar-refractivity contribution in [3.8, 4) is 22.8 Å². The van der Waals surface area contributed by atoms with E-state index in [-0.39, 0.29) is 30.6 Å². The van der Waals surface area contributed by atoms with Crippen LogP contribution in [0.4, 0.5) is 0 Å². The molecule has 2 aliphatic rings. The summed E-state index contributed by atoms with van der Waals surface area (Å²) < 4.78 is 13.1. The van der Waals surface area contributed by atoms with E-state index < -0.39 is 0 Å². The Morgan fingerprint density at radius 1 is 0.939 bits per heavy atom. The van der Waals surface area contributed by atoms with Crippen LogP contribution in [0.15, 0.2) is 24.3 Å².